The van der Waals surface area contributed by atoms with Crippen LogP contribution in [0.2, 0.25) is 0 Å². The zero-order chi connectivity index (χ0) is 16.5. The minimum Gasteiger partial charge on any atom is -0.508 e. The minimum atomic E-state index is 0.181. The number of hydrogen-bond acceptors (Lipinski definition) is 3. The van der Waals surface area contributed by atoms with E-state index in [4.69, 9.17) is 0 Å². The fourth-order valence-electron chi connectivity index (χ4n) is 3.00. The molecule has 24 heavy (non-hydrogen) atoms. The summed E-state index contributed by atoms with van der Waals surface area (Å²) in [6.07, 6.45) is 1.61. The largest absolute Gasteiger partial charge is 0.508 e. The number of phenols is 1. The molecule has 0 fully saturated rings. The Morgan fingerprint density at radius 1 is 0.958 bits per heavy atom. The van der Waals surface area contributed by atoms with Crippen LogP contribution in [0.15, 0.2) is 67.0 Å². The summed E-state index contributed by atoms with van der Waals surface area (Å²) in [5, 5.41) is 10.5. The molecule has 0 amide bonds. The minimum absolute atomic E-state index is 0.181. The number of aromatic amines is 1. The van der Waals surface area contributed by atoms with Crippen molar-refractivity contribution in [1.82, 2.24) is 15.0 Å². The van der Waals surface area contributed by atoms with Gasteiger partial charge in [0.1, 0.15) is 17.7 Å². The summed E-state index contributed by atoms with van der Waals surface area (Å²) in [6, 6.07) is 19.5. The quantitative estimate of drug-likeness (QED) is 0.586. The summed E-state index contributed by atoms with van der Waals surface area (Å²) in [5.41, 5.74) is 5.03. The molecule has 4 heteroatoms. The summed E-state index contributed by atoms with van der Waals surface area (Å²) in [5.74, 6) is 0.438. The number of benzene rings is 2. The number of nitrogens with zero attached hydrogens (tertiary/aromatic N) is 2. The summed E-state index contributed by atoms with van der Waals surface area (Å²) >= 11 is 0. The van der Waals surface area contributed by atoms with Gasteiger partial charge in [-0.3, -0.25) is 0 Å². The lowest BCUT2D eigenvalue weighted by Crippen LogP contribution is -2.00. The van der Waals surface area contributed by atoms with E-state index in [9.17, 15) is 5.11 Å². The molecule has 118 valence electrons. The van der Waals surface area contributed by atoms with Crippen molar-refractivity contribution in [2.24, 2.45) is 0 Å². The number of aromatic hydroxyl groups is 1. The summed E-state index contributed by atoms with van der Waals surface area (Å²) in [7, 11) is 0. The standard InChI is InChI=1S/C20H17N3O/c1-13(14-5-3-2-4-6-14)19-17-11-18(23-20(17)22-12-21-19)15-7-9-16(24)10-8-15/h2-13,24H,1H3,(H,21,22,23)/t13-/m1/s1. The van der Waals surface area contributed by atoms with Crippen molar-refractivity contribution in [1.29, 1.82) is 0 Å². The third kappa shape index (κ3) is 2.52. The lowest BCUT2D eigenvalue weighted by atomic mass is 9.96. The number of nitrogens with one attached hydrogen (secondary N) is 1. The molecule has 2 aromatic heterocycles. The molecule has 0 aliphatic carbocycles. The van der Waals surface area contributed by atoms with Crippen molar-refractivity contribution in [2.45, 2.75) is 12.8 Å². The van der Waals surface area contributed by atoms with Gasteiger partial charge in [0.15, 0.2) is 0 Å². The van der Waals surface area contributed by atoms with Crippen LogP contribution in [0.1, 0.15) is 24.1 Å². The first-order valence-corrected chi connectivity index (χ1v) is 7.90. The molecule has 2 heterocycles. The van der Waals surface area contributed by atoms with Crippen molar-refractivity contribution < 1.29 is 5.11 Å². The molecule has 0 radical (unpaired) electrons. The van der Waals surface area contributed by atoms with Crippen LogP contribution in [0.5, 0.6) is 5.75 Å². The predicted octanol–water partition coefficient (Wildman–Crippen LogP) is 4.48. The van der Waals surface area contributed by atoms with E-state index < -0.39 is 0 Å². The Morgan fingerprint density at radius 3 is 2.46 bits per heavy atom. The van der Waals surface area contributed by atoms with E-state index in [1.54, 1.807) is 18.5 Å². The molecular formula is C20H17N3O. The Kier molecular flexibility index (Phi) is 3.50. The SMILES string of the molecule is C[C@H](c1ccccc1)c1ncnc2[nH]c(-c3ccc(O)cc3)cc12. The second-order valence-electron chi connectivity index (χ2n) is 5.88. The first kappa shape index (κ1) is 14.5. The van der Waals surface area contributed by atoms with Crippen LogP contribution >= 0.6 is 0 Å². The maximum Gasteiger partial charge on any atom is 0.141 e. The van der Waals surface area contributed by atoms with Gasteiger partial charge in [0.25, 0.3) is 0 Å². The molecule has 0 aliphatic rings. The number of fused-ring (bicyclic) bond motifs is 1. The van der Waals surface area contributed by atoms with Gasteiger partial charge in [0.05, 0.1) is 5.69 Å². The molecule has 0 saturated heterocycles. The Balaban J connectivity index is 1.82. The Labute approximate surface area is 139 Å². The van der Waals surface area contributed by atoms with E-state index in [0.29, 0.717) is 0 Å². The number of rotatable bonds is 3. The average Bonchev–Trinajstić information content (AvgIpc) is 3.06. The van der Waals surface area contributed by atoms with Crippen molar-refractivity contribution >= 4 is 11.0 Å². The molecule has 2 aromatic carbocycles. The van der Waals surface area contributed by atoms with Crippen molar-refractivity contribution in [3.63, 3.8) is 0 Å². The summed E-state index contributed by atoms with van der Waals surface area (Å²) < 4.78 is 0. The third-order valence-corrected chi connectivity index (χ3v) is 4.34. The van der Waals surface area contributed by atoms with Crippen LogP contribution < -0.4 is 0 Å². The van der Waals surface area contributed by atoms with Crippen LogP contribution in [0.4, 0.5) is 0 Å². The van der Waals surface area contributed by atoms with E-state index in [2.05, 4.69) is 40.1 Å². The van der Waals surface area contributed by atoms with E-state index in [1.807, 2.05) is 30.3 Å². The number of H-pyrrole nitrogens is 1. The second kappa shape index (κ2) is 5.81. The lowest BCUT2D eigenvalue weighted by Gasteiger charge is -2.11. The molecule has 0 aliphatic heterocycles. The average molecular weight is 315 g/mol. The van der Waals surface area contributed by atoms with Gasteiger partial charge in [0.2, 0.25) is 0 Å². The zero-order valence-electron chi connectivity index (χ0n) is 13.3. The molecule has 4 aromatic rings. The van der Waals surface area contributed by atoms with Gasteiger partial charge >= 0.3 is 0 Å². The summed E-state index contributed by atoms with van der Waals surface area (Å²) in [6.45, 7) is 2.16. The predicted molar refractivity (Wildman–Crippen MR) is 94.9 cm³/mol. The van der Waals surface area contributed by atoms with Crippen LogP contribution in [-0.2, 0) is 0 Å². The molecule has 4 nitrogen and oxygen atoms in total. The molecule has 1 atom stereocenters. The highest BCUT2D eigenvalue weighted by Crippen LogP contribution is 2.31. The molecule has 0 saturated carbocycles. The van der Waals surface area contributed by atoms with Gasteiger partial charge in [-0.2, -0.15) is 0 Å². The second-order valence-corrected chi connectivity index (χ2v) is 5.88. The van der Waals surface area contributed by atoms with Gasteiger partial charge in [-0.1, -0.05) is 37.3 Å². The molecule has 2 N–H and O–H groups in total. The molecule has 0 unspecified atom stereocenters. The van der Waals surface area contributed by atoms with E-state index in [0.717, 1.165) is 28.0 Å². The highest BCUT2D eigenvalue weighted by Gasteiger charge is 2.16. The molecule has 0 spiro atoms. The van der Waals surface area contributed by atoms with Crippen LogP contribution in [0.3, 0.4) is 0 Å². The first-order valence-electron chi connectivity index (χ1n) is 7.90. The van der Waals surface area contributed by atoms with Gasteiger partial charge in [-0.15, -0.1) is 0 Å². The topological polar surface area (TPSA) is 61.8 Å². The van der Waals surface area contributed by atoms with E-state index in [-0.39, 0.29) is 11.7 Å². The van der Waals surface area contributed by atoms with Crippen molar-refractivity contribution in [2.75, 3.05) is 0 Å². The Hall–Kier alpha value is -3.14. The highest BCUT2D eigenvalue weighted by atomic mass is 16.3. The van der Waals surface area contributed by atoms with E-state index >= 15 is 0 Å². The first-order chi connectivity index (χ1) is 11.7. The molecular weight excluding hydrogens is 298 g/mol. The maximum atomic E-state index is 9.45. The monoisotopic (exact) mass is 315 g/mol. The van der Waals surface area contributed by atoms with Gasteiger partial charge < -0.3 is 10.1 Å². The number of phenolic OH excluding ortho intramolecular Hbond substituents is 1. The Bertz CT molecular complexity index is 975. The van der Waals surface area contributed by atoms with Crippen LogP contribution in [0.25, 0.3) is 22.3 Å². The fourth-order valence-corrected chi connectivity index (χ4v) is 3.00. The zero-order valence-corrected chi connectivity index (χ0v) is 13.3. The highest BCUT2D eigenvalue weighted by molar-refractivity contribution is 5.85. The lowest BCUT2D eigenvalue weighted by molar-refractivity contribution is 0.475. The third-order valence-electron chi connectivity index (χ3n) is 4.34. The number of aromatic nitrogens is 3. The Morgan fingerprint density at radius 2 is 1.71 bits per heavy atom. The van der Waals surface area contributed by atoms with Gasteiger partial charge in [-0.05, 0) is 41.5 Å². The summed E-state index contributed by atoms with van der Waals surface area (Å²) in [4.78, 5) is 12.2. The van der Waals surface area contributed by atoms with Gasteiger partial charge in [0, 0.05) is 17.0 Å². The molecule has 0 bridgehead atoms. The number of hydrogen-bond donors (Lipinski definition) is 2. The van der Waals surface area contributed by atoms with Crippen molar-refractivity contribution in [3.8, 4) is 17.0 Å². The van der Waals surface area contributed by atoms with Crippen LogP contribution in [-0.4, -0.2) is 20.1 Å². The fraction of sp³-hybridized carbons (Fsp3) is 0.100. The van der Waals surface area contributed by atoms with E-state index in [1.165, 1.54) is 5.56 Å². The molecule has 4 rings (SSSR count). The smallest absolute Gasteiger partial charge is 0.141 e. The maximum absolute atomic E-state index is 9.45. The van der Waals surface area contributed by atoms with Gasteiger partial charge in [-0.25, -0.2) is 9.97 Å². The van der Waals surface area contributed by atoms with Crippen molar-refractivity contribution in [3.05, 3.63) is 78.2 Å². The van der Waals surface area contributed by atoms with Crippen LogP contribution in [0, 0.1) is 0 Å². The normalized spacial score (nSPS) is 12.4.